The molecular formula is C12H11BrN2O3S. The highest BCUT2D eigenvalue weighted by Gasteiger charge is 2.19. The first-order valence-electron chi connectivity index (χ1n) is 5.58. The summed E-state index contributed by atoms with van der Waals surface area (Å²) >= 11 is 4.61. The van der Waals surface area contributed by atoms with E-state index in [-0.39, 0.29) is 0 Å². The number of carbonyl (C=O) groups is 1. The Balaban J connectivity index is 2.37. The topological polar surface area (TPSA) is 72.3 Å². The lowest BCUT2D eigenvalue weighted by Gasteiger charge is -2.15. The second-order valence-corrected chi connectivity index (χ2v) is 5.31. The quantitative estimate of drug-likeness (QED) is 0.903. The van der Waals surface area contributed by atoms with Crippen LogP contribution in [-0.4, -0.2) is 26.8 Å². The van der Waals surface area contributed by atoms with Crippen LogP contribution in [0.1, 0.15) is 13.3 Å². The van der Waals surface area contributed by atoms with Crippen LogP contribution in [-0.2, 0) is 4.79 Å². The molecule has 1 aromatic carbocycles. The minimum absolute atomic E-state index is 0.389. The third-order valence-electron chi connectivity index (χ3n) is 2.49. The molecule has 7 heteroatoms. The minimum Gasteiger partial charge on any atom is -0.479 e. The Labute approximate surface area is 122 Å². The standard InChI is InChI=1S/C12H11BrN2O3S/c1-2-10(12(16)17)18-11-4-3-7(13)5-8(11)9-6-19-15-14-9/h3-6,10H,2H2,1H3,(H,16,17)/t10-/m0/s1. The first-order chi connectivity index (χ1) is 9.11. The van der Waals surface area contributed by atoms with Gasteiger partial charge in [0, 0.05) is 15.4 Å². The largest absolute Gasteiger partial charge is 0.479 e. The maximum absolute atomic E-state index is 11.0. The van der Waals surface area contributed by atoms with Crippen LogP contribution in [0.5, 0.6) is 5.75 Å². The van der Waals surface area contributed by atoms with E-state index in [1.165, 1.54) is 11.5 Å². The van der Waals surface area contributed by atoms with Crippen LogP contribution in [0.3, 0.4) is 0 Å². The number of halogens is 1. The summed E-state index contributed by atoms with van der Waals surface area (Å²) in [5.41, 5.74) is 1.39. The van der Waals surface area contributed by atoms with E-state index in [1.807, 2.05) is 6.07 Å². The third-order valence-corrected chi connectivity index (χ3v) is 3.49. The second kappa shape index (κ2) is 6.12. The second-order valence-electron chi connectivity index (χ2n) is 3.78. The normalized spacial score (nSPS) is 12.1. The van der Waals surface area contributed by atoms with Gasteiger partial charge in [0.2, 0.25) is 0 Å². The fraction of sp³-hybridized carbons (Fsp3) is 0.250. The lowest BCUT2D eigenvalue weighted by molar-refractivity contribution is -0.145. The summed E-state index contributed by atoms with van der Waals surface area (Å²) in [7, 11) is 0. The monoisotopic (exact) mass is 342 g/mol. The maximum atomic E-state index is 11.0. The zero-order valence-corrected chi connectivity index (χ0v) is 12.4. The summed E-state index contributed by atoms with van der Waals surface area (Å²) in [6.45, 7) is 1.77. The van der Waals surface area contributed by atoms with Crippen molar-refractivity contribution in [1.82, 2.24) is 9.59 Å². The molecule has 0 amide bonds. The van der Waals surface area contributed by atoms with Gasteiger partial charge in [0.1, 0.15) is 11.4 Å². The number of carboxylic acid groups (broad SMARTS) is 1. The van der Waals surface area contributed by atoms with Crippen molar-refractivity contribution in [2.24, 2.45) is 0 Å². The van der Waals surface area contributed by atoms with Gasteiger partial charge in [-0.1, -0.05) is 27.3 Å². The van der Waals surface area contributed by atoms with Gasteiger partial charge in [-0.05, 0) is 36.2 Å². The molecule has 1 heterocycles. The Morgan fingerprint density at radius 3 is 2.95 bits per heavy atom. The van der Waals surface area contributed by atoms with Gasteiger partial charge in [-0.2, -0.15) is 0 Å². The Kier molecular flexibility index (Phi) is 4.49. The number of aliphatic carboxylic acids is 1. The highest BCUT2D eigenvalue weighted by molar-refractivity contribution is 9.10. The maximum Gasteiger partial charge on any atom is 0.344 e. The Morgan fingerprint density at radius 2 is 2.37 bits per heavy atom. The van der Waals surface area contributed by atoms with Crippen molar-refractivity contribution in [3.63, 3.8) is 0 Å². The van der Waals surface area contributed by atoms with E-state index in [9.17, 15) is 4.79 Å². The van der Waals surface area contributed by atoms with Gasteiger partial charge in [0.15, 0.2) is 6.10 Å². The lowest BCUT2D eigenvalue weighted by atomic mass is 10.1. The van der Waals surface area contributed by atoms with Crippen molar-refractivity contribution in [3.05, 3.63) is 28.1 Å². The molecular weight excluding hydrogens is 332 g/mol. The first kappa shape index (κ1) is 14.0. The molecule has 1 N–H and O–H groups in total. The van der Waals surface area contributed by atoms with Gasteiger partial charge < -0.3 is 9.84 Å². The van der Waals surface area contributed by atoms with Crippen LogP contribution < -0.4 is 4.74 Å². The number of ether oxygens (including phenoxy) is 1. The van der Waals surface area contributed by atoms with Crippen LogP contribution in [0.15, 0.2) is 28.1 Å². The molecule has 0 aliphatic rings. The third kappa shape index (κ3) is 3.30. The summed E-state index contributed by atoms with van der Waals surface area (Å²) in [5.74, 6) is -0.488. The Hall–Kier alpha value is -1.47. The lowest BCUT2D eigenvalue weighted by Crippen LogP contribution is -2.26. The highest BCUT2D eigenvalue weighted by Crippen LogP contribution is 2.32. The zero-order valence-electron chi connectivity index (χ0n) is 10.0. The number of carboxylic acids is 1. The van der Waals surface area contributed by atoms with E-state index in [4.69, 9.17) is 9.84 Å². The Morgan fingerprint density at radius 1 is 1.58 bits per heavy atom. The number of benzene rings is 1. The molecule has 0 aliphatic carbocycles. The molecule has 2 rings (SSSR count). The molecule has 5 nitrogen and oxygen atoms in total. The molecule has 0 fully saturated rings. The zero-order chi connectivity index (χ0) is 13.8. The van der Waals surface area contributed by atoms with Crippen LogP contribution in [0.2, 0.25) is 0 Å². The molecule has 0 spiro atoms. The minimum atomic E-state index is -0.979. The van der Waals surface area contributed by atoms with Gasteiger partial charge in [-0.3, -0.25) is 0 Å². The summed E-state index contributed by atoms with van der Waals surface area (Å²) < 4.78 is 10.2. The van der Waals surface area contributed by atoms with Crippen molar-refractivity contribution in [1.29, 1.82) is 0 Å². The molecule has 0 saturated heterocycles. The van der Waals surface area contributed by atoms with E-state index in [1.54, 1.807) is 24.4 Å². The highest BCUT2D eigenvalue weighted by atomic mass is 79.9. The molecule has 100 valence electrons. The van der Waals surface area contributed by atoms with Crippen molar-refractivity contribution in [2.75, 3.05) is 0 Å². The predicted octanol–water partition coefficient (Wildman–Crippen LogP) is 3.21. The fourth-order valence-corrected chi connectivity index (χ4v) is 2.37. The van der Waals surface area contributed by atoms with Crippen LogP contribution >= 0.6 is 27.5 Å². The van der Waals surface area contributed by atoms with E-state index in [2.05, 4.69) is 25.5 Å². The van der Waals surface area contributed by atoms with Gasteiger partial charge in [-0.25, -0.2) is 4.79 Å². The molecule has 0 aliphatic heterocycles. The van der Waals surface area contributed by atoms with Gasteiger partial charge in [0.05, 0.1) is 0 Å². The average molecular weight is 343 g/mol. The number of nitrogens with zero attached hydrogens (tertiary/aromatic N) is 2. The van der Waals surface area contributed by atoms with Crippen LogP contribution in [0, 0.1) is 0 Å². The van der Waals surface area contributed by atoms with Gasteiger partial charge >= 0.3 is 5.97 Å². The fourth-order valence-electron chi connectivity index (χ4n) is 1.55. The van der Waals surface area contributed by atoms with Gasteiger partial charge in [0.25, 0.3) is 0 Å². The van der Waals surface area contributed by atoms with Crippen molar-refractivity contribution in [2.45, 2.75) is 19.4 Å². The summed E-state index contributed by atoms with van der Waals surface area (Å²) in [6, 6.07) is 5.36. The van der Waals surface area contributed by atoms with Crippen LogP contribution in [0.25, 0.3) is 11.3 Å². The first-order valence-corrected chi connectivity index (χ1v) is 7.21. The van der Waals surface area contributed by atoms with Crippen molar-refractivity contribution in [3.8, 4) is 17.0 Å². The average Bonchev–Trinajstić information content (AvgIpc) is 2.90. The molecule has 1 atom stereocenters. The molecule has 0 saturated carbocycles. The van der Waals surface area contributed by atoms with E-state index in [0.29, 0.717) is 17.9 Å². The molecule has 19 heavy (non-hydrogen) atoms. The smallest absolute Gasteiger partial charge is 0.344 e. The summed E-state index contributed by atoms with van der Waals surface area (Å²) in [5, 5.41) is 14.8. The van der Waals surface area contributed by atoms with E-state index < -0.39 is 12.1 Å². The number of rotatable bonds is 5. The number of hydrogen-bond acceptors (Lipinski definition) is 5. The molecule has 2 aromatic rings. The van der Waals surface area contributed by atoms with E-state index >= 15 is 0 Å². The van der Waals surface area contributed by atoms with Crippen LogP contribution in [0.4, 0.5) is 0 Å². The van der Waals surface area contributed by atoms with Crippen molar-refractivity contribution < 1.29 is 14.6 Å². The SMILES string of the molecule is CC[C@H](Oc1ccc(Br)cc1-c1csnn1)C(=O)O. The number of hydrogen-bond donors (Lipinski definition) is 1. The molecule has 0 unspecified atom stereocenters. The molecule has 0 radical (unpaired) electrons. The Bertz CT molecular complexity index is 574. The van der Waals surface area contributed by atoms with Gasteiger partial charge in [-0.15, -0.1) is 5.10 Å². The molecule has 0 bridgehead atoms. The number of aromatic nitrogens is 2. The van der Waals surface area contributed by atoms with E-state index in [0.717, 1.165) is 10.0 Å². The predicted molar refractivity (Wildman–Crippen MR) is 75.4 cm³/mol. The summed E-state index contributed by atoms with van der Waals surface area (Å²) in [6.07, 6.45) is -0.480. The summed E-state index contributed by atoms with van der Waals surface area (Å²) in [4.78, 5) is 11.0. The van der Waals surface area contributed by atoms with Crippen molar-refractivity contribution >= 4 is 33.4 Å². The molecule has 1 aromatic heterocycles.